The molecule has 1 N–H and O–H groups in total. The highest BCUT2D eigenvalue weighted by molar-refractivity contribution is 7.99. The molecule has 140 valence electrons. The SMILES string of the molecule is COc1ccc(NC(=O)CSc2nnc(C)n2-c2ccccc2)cc1OC. The van der Waals surface area contributed by atoms with Gasteiger partial charge < -0.3 is 14.8 Å². The van der Waals surface area contributed by atoms with Gasteiger partial charge in [-0.15, -0.1) is 10.2 Å². The molecule has 0 radical (unpaired) electrons. The number of amides is 1. The number of hydrogen-bond acceptors (Lipinski definition) is 6. The van der Waals surface area contributed by atoms with Crippen molar-refractivity contribution < 1.29 is 14.3 Å². The summed E-state index contributed by atoms with van der Waals surface area (Å²) in [5, 5.41) is 11.8. The van der Waals surface area contributed by atoms with Crippen molar-refractivity contribution in [1.82, 2.24) is 14.8 Å². The van der Waals surface area contributed by atoms with Gasteiger partial charge in [0.1, 0.15) is 5.82 Å². The van der Waals surface area contributed by atoms with E-state index in [1.54, 1.807) is 32.4 Å². The number of benzene rings is 2. The van der Waals surface area contributed by atoms with Crippen LogP contribution in [0.2, 0.25) is 0 Å². The second-order valence-corrected chi connectivity index (χ2v) is 6.55. The molecule has 3 aromatic rings. The highest BCUT2D eigenvalue weighted by atomic mass is 32.2. The summed E-state index contributed by atoms with van der Waals surface area (Å²) >= 11 is 1.33. The first kappa shape index (κ1) is 18.8. The van der Waals surface area contributed by atoms with Crippen LogP contribution in [-0.2, 0) is 4.79 Å². The summed E-state index contributed by atoms with van der Waals surface area (Å²) in [6.07, 6.45) is 0. The van der Waals surface area contributed by atoms with Gasteiger partial charge in [0.25, 0.3) is 0 Å². The van der Waals surface area contributed by atoms with E-state index in [-0.39, 0.29) is 11.7 Å². The van der Waals surface area contributed by atoms with Crippen LogP contribution in [0.1, 0.15) is 5.82 Å². The maximum Gasteiger partial charge on any atom is 0.234 e. The van der Waals surface area contributed by atoms with E-state index in [0.717, 1.165) is 11.5 Å². The third kappa shape index (κ3) is 4.40. The summed E-state index contributed by atoms with van der Waals surface area (Å²) in [5.41, 5.74) is 1.60. The molecule has 0 atom stereocenters. The molecule has 0 saturated carbocycles. The monoisotopic (exact) mass is 384 g/mol. The average Bonchev–Trinajstić information content (AvgIpc) is 3.07. The van der Waals surface area contributed by atoms with Crippen LogP contribution in [-0.4, -0.2) is 40.6 Å². The number of thioether (sulfide) groups is 1. The molecule has 0 aliphatic heterocycles. The van der Waals surface area contributed by atoms with E-state index in [1.807, 2.05) is 41.8 Å². The number of aryl methyl sites for hydroxylation is 1. The van der Waals surface area contributed by atoms with Crippen LogP contribution in [0.25, 0.3) is 5.69 Å². The normalized spacial score (nSPS) is 10.5. The van der Waals surface area contributed by atoms with Crippen LogP contribution >= 0.6 is 11.8 Å². The number of hydrogen-bond donors (Lipinski definition) is 1. The van der Waals surface area contributed by atoms with Gasteiger partial charge in [0.2, 0.25) is 5.91 Å². The first-order valence-corrected chi connectivity index (χ1v) is 9.23. The van der Waals surface area contributed by atoms with Crippen molar-refractivity contribution in [3.05, 3.63) is 54.4 Å². The Morgan fingerprint density at radius 1 is 1.07 bits per heavy atom. The molecular formula is C19H20N4O3S. The number of aromatic nitrogens is 3. The van der Waals surface area contributed by atoms with E-state index in [9.17, 15) is 4.79 Å². The number of ether oxygens (including phenoxy) is 2. The summed E-state index contributed by atoms with van der Waals surface area (Å²) < 4.78 is 12.4. The molecule has 1 heterocycles. The fourth-order valence-electron chi connectivity index (χ4n) is 2.55. The van der Waals surface area contributed by atoms with Gasteiger partial charge in [-0.05, 0) is 31.2 Å². The quantitative estimate of drug-likeness (QED) is 0.630. The molecule has 1 aromatic heterocycles. The topological polar surface area (TPSA) is 78.3 Å². The van der Waals surface area contributed by atoms with Crippen molar-refractivity contribution in [1.29, 1.82) is 0 Å². The second-order valence-electron chi connectivity index (χ2n) is 5.61. The fraction of sp³-hybridized carbons (Fsp3) is 0.211. The molecular weight excluding hydrogens is 364 g/mol. The van der Waals surface area contributed by atoms with Crippen LogP contribution < -0.4 is 14.8 Å². The number of carbonyl (C=O) groups is 1. The Balaban J connectivity index is 1.67. The number of nitrogens with one attached hydrogen (secondary N) is 1. The number of rotatable bonds is 7. The minimum Gasteiger partial charge on any atom is -0.493 e. The summed E-state index contributed by atoms with van der Waals surface area (Å²) in [7, 11) is 3.12. The Hall–Kier alpha value is -3.00. The minimum atomic E-state index is -0.146. The van der Waals surface area contributed by atoms with Crippen molar-refractivity contribution >= 4 is 23.4 Å². The molecule has 0 saturated heterocycles. The van der Waals surface area contributed by atoms with Crippen molar-refractivity contribution in [2.75, 3.05) is 25.3 Å². The van der Waals surface area contributed by atoms with Crippen LogP contribution in [0.5, 0.6) is 11.5 Å². The molecule has 0 bridgehead atoms. The van der Waals surface area contributed by atoms with Crippen molar-refractivity contribution in [2.24, 2.45) is 0 Å². The predicted molar refractivity (Wildman–Crippen MR) is 105 cm³/mol. The van der Waals surface area contributed by atoms with Gasteiger partial charge in [0.15, 0.2) is 16.7 Å². The summed E-state index contributed by atoms with van der Waals surface area (Å²) in [6, 6.07) is 15.0. The Labute approximate surface area is 161 Å². The third-order valence-corrected chi connectivity index (χ3v) is 4.74. The maximum absolute atomic E-state index is 12.3. The van der Waals surface area contributed by atoms with Crippen LogP contribution in [0, 0.1) is 6.92 Å². The van der Waals surface area contributed by atoms with Crippen LogP contribution in [0.3, 0.4) is 0 Å². The second kappa shape index (κ2) is 8.59. The smallest absolute Gasteiger partial charge is 0.234 e. The average molecular weight is 384 g/mol. The number of para-hydroxylation sites is 1. The van der Waals surface area contributed by atoms with Crippen molar-refractivity contribution in [3.8, 4) is 17.2 Å². The van der Waals surface area contributed by atoms with Crippen molar-refractivity contribution in [3.63, 3.8) is 0 Å². The standard InChI is InChI=1S/C19H20N4O3S/c1-13-21-22-19(23(13)15-7-5-4-6-8-15)27-12-18(24)20-14-9-10-16(25-2)17(11-14)26-3/h4-11H,12H2,1-3H3,(H,20,24). The predicted octanol–water partition coefficient (Wildman–Crippen LogP) is 3.32. The van der Waals surface area contributed by atoms with Crippen LogP contribution in [0.4, 0.5) is 5.69 Å². The molecule has 27 heavy (non-hydrogen) atoms. The highest BCUT2D eigenvalue weighted by Gasteiger charge is 2.14. The number of methoxy groups -OCH3 is 2. The lowest BCUT2D eigenvalue weighted by Crippen LogP contribution is -2.14. The minimum absolute atomic E-state index is 0.146. The van der Waals surface area contributed by atoms with Crippen LogP contribution in [0.15, 0.2) is 53.7 Å². The Kier molecular flexibility index (Phi) is 5.97. The molecule has 0 aliphatic carbocycles. The molecule has 8 heteroatoms. The molecule has 0 aliphatic rings. The Bertz CT molecular complexity index is 928. The number of nitrogens with zero attached hydrogens (tertiary/aromatic N) is 3. The molecule has 0 fully saturated rings. The summed E-state index contributed by atoms with van der Waals surface area (Å²) in [4.78, 5) is 12.3. The zero-order valence-electron chi connectivity index (χ0n) is 15.3. The summed E-state index contributed by atoms with van der Waals surface area (Å²) in [6.45, 7) is 1.88. The third-order valence-electron chi connectivity index (χ3n) is 3.81. The van der Waals surface area contributed by atoms with E-state index in [1.165, 1.54) is 11.8 Å². The molecule has 2 aromatic carbocycles. The number of carbonyl (C=O) groups excluding carboxylic acids is 1. The zero-order chi connectivity index (χ0) is 19.2. The molecule has 7 nitrogen and oxygen atoms in total. The molecule has 0 spiro atoms. The van der Waals surface area contributed by atoms with Gasteiger partial charge in [-0.1, -0.05) is 30.0 Å². The Morgan fingerprint density at radius 3 is 2.52 bits per heavy atom. The van der Waals surface area contributed by atoms with Gasteiger partial charge in [0, 0.05) is 17.4 Å². The summed E-state index contributed by atoms with van der Waals surface area (Å²) in [5.74, 6) is 1.99. The molecule has 0 unspecified atom stereocenters. The lowest BCUT2D eigenvalue weighted by molar-refractivity contribution is -0.113. The van der Waals surface area contributed by atoms with E-state index >= 15 is 0 Å². The van der Waals surface area contributed by atoms with Gasteiger partial charge in [-0.2, -0.15) is 0 Å². The largest absolute Gasteiger partial charge is 0.493 e. The Morgan fingerprint density at radius 2 is 1.81 bits per heavy atom. The maximum atomic E-state index is 12.3. The van der Waals surface area contributed by atoms with Gasteiger partial charge in [-0.25, -0.2) is 0 Å². The zero-order valence-corrected chi connectivity index (χ0v) is 16.1. The first-order chi connectivity index (χ1) is 13.1. The molecule has 3 rings (SSSR count). The van der Waals surface area contributed by atoms with Gasteiger partial charge in [-0.3, -0.25) is 9.36 Å². The lowest BCUT2D eigenvalue weighted by Gasteiger charge is -2.11. The van der Waals surface area contributed by atoms with Crippen molar-refractivity contribution in [2.45, 2.75) is 12.1 Å². The lowest BCUT2D eigenvalue weighted by atomic mass is 10.2. The first-order valence-electron chi connectivity index (χ1n) is 8.24. The number of anilines is 1. The van der Waals surface area contributed by atoms with Gasteiger partial charge >= 0.3 is 0 Å². The van der Waals surface area contributed by atoms with E-state index in [0.29, 0.717) is 22.3 Å². The van der Waals surface area contributed by atoms with E-state index < -0.39 is 0 Å². The fourth-order valence-corrected chi connectivity index (χ4v) is 3.35. The highest BCUT2D eigenvalue weighted by Crippen LogP contribution is 2.30. The van der Waals surface area contributed by atoms with E-state index in [2.05, 4.69) is 15.5 Å². The van der Waals surface area contributed by atoms with Gasteiger partial charge in [0.05, 0.1) is 20.0 Å². The molecule has 1 amide bonds. The van der Waals surface area contributed by atoms with E-state index in [4.69, 9.17) is 9.47 Å².